The molecule has 222 valence electrons. The number of anilines is 3. The number of pyridine rings is 1. The molecule has 42 heavy (non-hydrogen) atoms. The maximum Gasteiger partial charge on any atom is 0.413 e. The summed E-state index contributed by atoms with van der Waals surface area (Å²) in [6.45, 7) is 11.4. The second-order valence-corrected chi connectivity index (χ2v) is 11.2. The summed E-state index contributed by atoms with van der Waals surface area (Å²) in [5, 5.41) is 6.18. The first-order chi connectivity index (χ1) is 20.0. The number of nitrogens with one attached hydrogen (secondary N) is 2. The Bertz CT molecular complexity index is 1500. The largest absolute Gasteiger partial charge is 0.497 e. The van der Waals surface area contributed by atoms with Crippen LogP contribution in [0.2, 0.25) is 0 Å². The number of nitrogens with zero attached hydrogens (tertiary/aromatic N) is 4. The highest BCUT2D eigenvalue weighted by molar-refractivity contribution is 5.85. The van der Waals surface area contributed by atoms with Crippen molar-refractivity contribution >= 4 is 34.3 Å². The van der Waals surface area contributed by atoms with Gasteiger partial charge in [-0.2, -0.15) is 0 Å². The van der Waals surface area contributed by atoms with Gasteiger partial charge in [0.05, 0.1) is 37.1 Å². The van der Waals surface area contributed by atoms with Crippen molar-refractivity contribution in [2.75, 3.05) is 37.5 Å². The molecule has 0 aliphatic heterocycles. The van der Waals surface area contributed by atoms with Crippen molar-refractivity contribution in [3.05, 3.63) is 60.9 Å². The van der Waals surface area contributed by atoms with Crippen molar-refractivity contribution in [2.45, 2.75) is 52.7 Å². The molecule has 2 aromatic heterocycles. The van der Waals surface area contributed by atoms with E-state index in [9.17, 15) is 4.79 Å². The van der Waals surface area contributed by atoms with Gasteiger partial charge in [-0.25, -0.2) is 14.8 Å². The molecular weight excluding hydrogens is 532 g/mol. The highest BCUT2D eigenvalue weighted by Gasteiger charge is 2.17. The summed E-state index contributed by atoms with van der Waals surface area (Å²) in [4.78, 5) is 28.3. The van der Waals surface area contributed by atoms with Gasteiger partial charge in [0.15, 0.2) is 0 Å². The van der Waals surface area contributed by atoms with E-state index in [1.807, 2.05) is 63.2 Å². The van der Waals surface area contributed by atoms with E-state index in [-0.39, 0.29) is 0 Å². The van der Waals surface area contributed by atoms with E-state index >= 15 is 0 Å². The third-order valence-corrected chi connectivity index (χ3v) is 6.28. The fourth-order valence-electron chi connectivity index (χ4n) is 4.36. The lowest BCUT2D eigenvalue weighted by atomic mass is 10.1. The molecular formula is C32H40N6O4. The van der Waals surface area contributed by atoms with Gasteiger partial charge < -0.3 is 24.4 Å². The summed E-state index contributed by atoms with van der Waals surface area (Å²) < 4.78 is 16.5. The minimum atomic E-state index is -0.613. The minimum Gasteiger partial charge on any atom is -0.497 e. The standard InChI is InChI=1S/C32H40N6O4/c1-21(2)33-12-8-14-38(24-16-25(40-6)19-26(17-24)41-7)23-9-10-27-28(18-23)36-29(20-35-27)22-11-13-34-30(15-22)37-31(39)42-32(3,4)5/h9-11,13,15-21,33H,8,12,14H2,1-7H3,(H,34,37,39). The zero-order valence-corrected chi connectivity index (χ0v) is 25.4. The molecule has 0 atom stereocenters. The van der Waals surface area contributed by atoms with E-state index in [1.54, 1.807) is 32.7 Å². The van der Waals surface area contributed by atoms with Crippen molar-refractivity contribution in [1.82, 2.24) is 20.3 Å². The molecule has 1 amide bonds. The predicted octanol–water partition coefficient (Wildman–Crippen LogP) is 6.58. The van der Waals surface area contributed by atoms with E-state index in [4.69, 9.17) is 19.2 Å². The third-order valence-electron chi connectivity index (χ3n) is 6.28. The van der Waals surface area contributed by atoms with E-state index in [1.165, 1.54) is 0 Å². The Balaban J connectivity index is 1.67. The molecule has 0 saturated carbocycles. The van der Waals surface area contributed by atoms with Gasteiger partial charge in [-0.15, -0.1) is 0 Å². The summed E-state index contributed by atoms with van der Waals surface area (Å²) in [6.07, 6.45) is 3.69. The van der Waals surface area contributed by atoms with Crippen LogP contribution in [0.15, 0.2) is 60.9 Å². The maximum atomic E-state index is 12.3. The van der Waals surface area contributed by atoms with Crippen molar-refractivity contribution in [3.63, 3.8) is 0 Å². The molecule has 0 unspecified atom stereocenters. The Hall–Kier alpha value is -4.44. The van der Waals surface area contributed by atoms with Crippen molar-refractivity contribution in [2.24, 2.45) is 0 Å². The molecule has 0 fully saturated rings. The smallest absolute Gasteiger partial charge is 0.413 e. The van der Waals surface area contributed by atoms with Crippen LogP contribution in [-0.4, -0.2) is 60.0 Å². The summed E-state index contributed by atoms with van der Waals surface area (Å²) >= 11 is 0. The molecule has 0 aliphatic rings. The number of hydrogen-bond donors (Lipinski definition) is 2. The van der Waals surface area contributed by atoms with Crippen LogP contribution in [0.5, 0.6) is 11.5 Å². The van der Waals surface area contributed by atoms with Gasteiger partial charge in [-0.3, -0.25) is 10.3 Å². The van der Waals surface area contributed by atoms with Gasteiger partial charge in [-0.1, -0.05) is 13.8 Å². The Morgan fingerprint density at radius 3 is 2.33 bits per heavy atom. The quantitative estimate of drug-likeness (QED) is 0.192. The lowest BCUT2D eigenvalue weighted by molar-refractivity contribution is 0.0635. The van der Waals surface area contributed by atoms with Crippen molar-refractivity contribution < 1.29 is 19.0 Å². The zero-order chi connectivity index (χ0) is 30.3. The molecule has 10 heteroatoms. The lowest BCUT2D eigenvalue weighted by Gasteiger charge is -2.26. The number of benzene rings is 2. The number of carbonyl (C=O) groups excluding carboxylic acids is 1. The van der Waals surface area contributed by atoms with Gasteiger partial charge in [-0.05, 0) is 64.1 Å². The first-order valence-corrected chi connectivity index (χ1v) is 14.0. The fraction of sp³-hybridized carbons (Fsp3) is 0.375. The average molecular weight is 573 g/mol. The second-order valence-electron chi connectivity index (χ2n) is 11.2. The molecule has 0 radical (unpaired) electrons. The number of hydrogen-bond acceptors (Lipinski definition) is 9. The molecule has 4 rings (SSSR count). The summed E-state index contributed by atoms with van der Waals surface area (Å²) in [7, 11) is 3.30. The highest BCUT2D eigenvalue weighted by atomic mass is 16.6. The van der Waals surface area contributed by atoms with Crippen LogP contribution in [0.1, 0.15) is 41.0 Å². The molecule has 0 spiro atoms. The first kappa shape index (κ1) is 30.5. The van der Waals surface area contributed by atoms with Crippen LogP contribution < -0.4 is 25.0 Å². The Morgan fingerprint density at radius 1 is 0.929 bits per heavy atom. The average Bonchev–Trinajstić information content (AvgIpc) is 2.95. The minimum absolute atomic E-state index is 0.366. The van der Waals surface area contributed by atoms with E-state index in [0.717, 1.165) is 47.5 Å². The normalized spacial score (nSPS) is 11.4. The molecule has 2 aromatic carbocycles. The molecule has 2 N–H and O–H groups in total. The van der Waals surface area contributed by atoms with Crippen molar-refractivity contribution in [3.8, 4) is 22.8 Å². The third kappa shape index (κ3) is 8.29. The number of methoxy groups -OCH3 is 2. The van der Waals surface area contributed by atoms with E-state index in [2.05, 4.69) is 39.3 Å². The summed E-state index contributed by atoms with van der Waals surface area (Å²) in [5.41, 5.74) is 4.24. The monoisotopic (exact) mass is 572 g/mol. The number of fused-ring (bicyclic) bond motifs is 1. The molecule has 2 heterocycles. The second kappa shape index (κ2) is 13.5. The van der Waals surface area contributed by atoms with Gasteiger partial charge in [0.25, 0.3) is 0 Å². The molecule has 4 aromatic rings. The number of ether oxygens (including phenoxy) is 3. The van der Waals surface area contributed by atoms with Crippen LogP contribution in [0.25, 0.3) is 22.3 Å². The number of amides is 1. The van der Waals surface area contributed by atoms with Gasteiger partial charge in [0.1, 0.15) is 22.9 Å². The Kier molecular flexibility index (Phi) is 9.80. The van der Waals surface area contributed by atoms with Crippen LogP contribution in [0, 0.1) is 0 Å². The number of carbonyl (C=O) groups is 1. The molecule has 0 bridgehead atoms. The first-order valence-electron chi connectivity index (χ1n) is 14.0. The number of rotatable bonds is 11. The topological polar surface area (TPSA) is 111 Å². The Morgan fingerprint density at radius 2 is 1.67 bits per heavy atom. The predicted molar refractivity (Wildman–Crippen MR) is 167 cm³/mol. The maximum absolute atomic E-state index is 12.3. The van der Waals surface area contributed by atoms with E-state index in [0.29, 0.717) is 29.1 Å². The summed E-state index contributed by atoms with van der Waals surface area (Å²) in [5.74, 6) is 1.79. The number of aromatic nitrogens is 3. The SMILES string of the molecule is COc1cc(OC)cc(N(CCCNC(C)C)c2ccc3ncc(-c4ccnc(NC(=O)OC(C)(C)C)c4)nc3c2)c1. The Labute approximate surface area is 247 Å². The van der Waals surface area contributed by atoms with Crippen LogP contribution in [-0.2, 0) is 4.74 Å². The highest BCUT2D eigenvalue weighted by Crippen LogP contribution is 2.34. The van der Waals surface area contributed by atoms with E-state index < -0.39 is 11.7 Å². The van der Waals surface area contributed by atoms with Gasteiger partial charge >= 0.3 is 6.09 Å². The molecule has 0 aliphatic carbocycles. The summed E-state index contributed by atoms with van der Waals surface area (Å²) in [6, 6.07) is 15.9. The van der Waals surface area contributed by atoms with Gasteiger partial charge in [0.2, 0.25) is 0 Å². The van der Waals surface area contributed by atoms with Crippen LogP contribution in [0.3, 0.4) is 0 Å². The zero-order valence-electron chi connectivity index (χ0n) is 25.4. The molecule has 10 nitrogen and oxygen atoms in total. The van der Waals surface area contributed by atoms with Gasteiger partial charge in [0, 0.05) is 53.9 Å². The molecule has 0 saturated heterocycles. The van der Waals surface area contributed by atoms with Crippen LogP contribution >= 0.6 is 0 Å². The van der Waals surface area contributed by atoms with Crippen molar-refractivity contribution in [1.29, 1.82) is 0 Å². The lowest BCUT2D eigenvalue weighted by Crippen LogP contribution is -2.27. The fourth-order valence-corrected chi connectivity index (χ4v) is 4.36. The van der Waals surface area contributed by atoms with Crippen LogP contribution in [0.4, 0.5) is 22.0 Å².